The van der Waals surface area contributed by atoms with E-state index < -0.39 is 0 Å². The first-order valence-corrected chi connectivity index (χ1v) is 5.59. The average Bonchev–Trinajstić information content (AvgIpc) is 2.41. The van der Waals surface area contributed by atoms with Crippen molar-refractivity contribution >= 4 is 6.08 Å². The van der Waals surface area contributed by atoms with Gasteiger partial charge in [-0.05, 0) is 23.1 Å². The maximum atomic E-state index is 10.1. The van der Waals surface area contributed by atoms with Crippen LogP contribution >= 0.6 is 0 Å². The van der Waals surface area contributed by atoms with E-state index in [1.165, 1.54) is 16.7 Å². The smallest absolute Gasteiger partial charge is 0.211 e. The Labute approximate surface area is 101 Å². The van der Waals surface area contributed by atoms with E-state index in [4.69, 9.17) is 0 Å². The summed E-state index contributed by atoms with van der Waals surface area (Å²) in [6.07, 6.45) is 2.34. The van der Waals surface area contributed by atoms with Gasteiger partial charge < -0.3 is 0 Å². The molecule has 0 unspecified atom stereocenters. The summed E-state index contributed by atoms with van der Waals surface area (Å²) in [6, 6.07) is 18.4. The molecule has 0 aliphatic heterocycles. The van der Waals surface area contributed by atoms with Crippen LogP contribution in [0.15, 0.2) is 59.6 Å². The van der Waals surface area contributed by atoms with E-state index >= 15 is 0 Å². The number of hydrogen-bond donors (Lipinski definition) is 0. The summed E-state index contributed by atoms with van der Waals surface area (Å²) >= 11 is 0. The van der Waals surface area contributed by atoms with Crippen molar-refractivity contribution in [3.05, 3.63) is 60.2 Å². The molecule has 0 bridgehead atoms. The highest BCUT2D eigenvalue weighted by Crippen LogP contribution is 2.23. The van der Waals surface area contributed by atoms with Crippen LogP contribution in [0.2, 0.25) is 0 Å². The molecule has 2 nitrogen and oxygen atoms in total. The van der Waals surface area contributed by atoms with Crippen molar-refractivity contribution in [1.82, 2.24) is 0 Å². The number of nitrogens with zero attached hydrogens (tertiary/aromatic N) is 1. The third-order valence-corrected chi connectivity index (χ3v) is 2.66. The first-order chi connectivity index (χ1) is 8.42. The Morgan fingerprint density at radius 1 is 0.941 bits per heavy atom. The van der Waals surface area contributed by atoms with E-state index in [9.17, 15) is 4.79 Å². The molecule has 0 fully saturated rings. The Balaban J connectivity index is 2.31. The Bertz CT molecular complexity index is 528. The van der Waals surface area contributed by atoms with E-state index in [0.29, 0.717) is 6.54 Å². The molecule has 84 valence electrons. The minimum atomic E-state index is 0.493. The van der Waals surface area contributed by atoms with Crippen molar-refractivity contribution < 1.29 is 4.79 Å². The molecule has 0 aliphatic carbocycles. The zero-order valence-corrected chi connectivity index (χ0v) is 9.47. The van der Waals surface area contributed by atoms with Crippen LogP contribution in [-0.2, 0) is 11.2 Å². The highest BCUT2D eigenvalue weighted by Gasteiger charge is 2.02. The van der Waals surface area contributed by atoms with Crippen LogP contribution in [0.4, 0.5) is 0 Å². The van der Waals surface area contributed by atoms with Crippen LogP contribution in [0, 0.1) is 0 Å². The van der Waals surface area contributed by atoms with Crippen molar-refractivity contribution in [2.45, 2.75) is 6.42 Å². The maximum absolute atomic E-state index is 10.1. The van der Waals surface area contributed by atoms with Crippen molar-refractivity contribution in [3.63, 3.8) is 0 Å². The van der Waals surface area contributed by atoms with Crippen LogP contribution in [0.5, 0.6) is 0 Å². The quantitative estimate of drug-likeness (QED) is 0.578. The minimum Gasteiger partial charge on any atom is -0.211 e. The zero-order valence-electron chi connectivity index (χ0n) is 9.47. The van der Waals surface area contributed by atoms with Gasteiger partial charge in [0.2, 0.25) is 6.08 Å². The summed E-state index contributed by atoms with van der Waals surface area (Å²) in [5, 5.41) is 0. The van der Waals surface area contributed by atoms with Crippen LogP contribution in [0.1, 0.15) is 5.56 Å². The number of rotatable bonds is 4. The van der Waals surface area contributed by atoms with Crippen LogP contribution in [-0.4, -0.2) is 12.6 Å². The molecule has 0 N–H and O–H groups in total. The summed E-state index contributed by atoms with van der Waals surface area (Å²) in [4.78, 5) is 13.7. The third-order valence-electron chi connectivity index (χ3n) is 2.66. The lowest BCUT2D eigenvalue weighted by Gasteiger charge is -2.08. The lowest BCUT2D eigenvalue weighted by atomic mass is 9.98. The SMILES string of the molecule is O=C=NCCc1ccccc1-c1ccccc1. The lowest BCUT2D eigenvalue weighted by Crippen LogP contribution is -1.92. The molecule has 0 saturated carbocycles. The molecular weight excluding hydrogens is 210 g/mol. The molecule has 2 aromatic rings. The Kier molecular flexibility index (Phi) is 3.85. The second-order valence-corrected chi connectivity index (χ2v) is 3.75. The fourth-order valence-corrected chi connectivity index (χ4v) is 1.86. The summed E-state index contributed by atoms with van der Waals surface area (Å²) in [7, 11) is 0. The van der Waals surface area contributed by atoms with Gasteiger partial charge in [-0.15, -0.1) is 0 Å². The molecule has 0 heterocycles. The molecule has 0 spiro atoms. The summed E-state index contributed by atoms with van der Waals surface area (Å²) in [6.45, 7) is 0.493. The van der Waals surface area contributed by atoms with Gasteiger partial charge in [0, 0.05) is 0 Å². The van der Waals surface area contributed by atoms with Gasteiger partial charge >= 0.3 is 0 Å². The summed E-state index contributed by atoms with van der Waals surface area (Å²) in [5.74, 6) is 0. The summed E-state index contributed by atoms with van der Waals surface area (Å²) < 4.78 is 0. The fourth-order valence-electron chi connectivity index (χ4n) is 1.86. The largest absolute Gasteiger partial charge is 0.234 e. The fraction of sp³-hybridized carbons (Fsp3) is 0.133. The van der Waals surface area contributed by atoms with Crippen LogP contribution in [0.3, 0.4) is 0 Å². The Morgan fingerprint density at radius 2 is 1.65 bits per heavy atom. The predicted molar refractivity (Wildman–Crippen MR) is 68.6 cm³/mol. The van der Waals surface area contributed by atoms with E-state index in [1.54, 1.807) is 6.08 Å². The first-order valence-electron chi connectivity index (χ1n) is 5.59. The molecule has 0 aromatic heterocycles. The molecular formula is C15H13NO. The zero-order chi connectivity index (χ0) is 11.9. The topological polar surface area (TPSA) is 29.4 Å². The molecule has 2 rings (SSSR count). The molecule has 0 saturated heterocycles. The number of isocyanates is 1. The van der Waals surface area contributed by atoms with Crippen LogP contribution < -0.4 is 0 Å². The third kappa shape index (κ3) is 2.90. The van der Waals surface area contributed by atoms with E-state index in [2.05, 4.69) is 29.3 Å². The Hall–Kier alpha value is -2.18. The molecule has 0 atom stereocenters. The summed E-state index contributed by atoms with van der Waals surface area (Å²) in [5.41, 5.74) is 3.60. The minimum absolute atomic E-state index is 0.493. The second kappa shape index (κ2) is 5.78. The van der Waals surface area contributed by atoms with Crippen molar-refractivity contribution in [1.29, 1.82) is 0 Å². The van der Waals surface area contributed by atoms with E-state index in [1.807, 2.05) is 30.3 Å². The number of benzene rings is 2. The molecule has 0 radical (unpaired) electrons. The maximum Gasteiger partial charge on any atom is 0.234 e. The number of carbonyl (C=O) groups excluding carboxylic acids is 1. The van der Waals surface area contributed by atoms with Crippen molar-refractivity contribution in [2.24, 2.45) is 4.99 Å². The average molecular weight is 223 g/mol. The van der Waals surface area contributed by atoms with Gasteiger partial charge in [0.05, 0.1) is 6.54 Å². The van der Waals surface area contributed by atoms with Gasteiger partial charge in [0.15, 0.2) is 0 Å². The van der Waals surface area contributed by atoms with Crippen LogP contribution in [0.25, 0.3) is 11.1 Å². The highest BCUT2D eigenvalue weighted by molar-refractivity contribution is 5.67. The van der Waals surface area contributed by atoms with Gasteiger partial charge in [0.25, 0.3) is 0 Å². The molecule has 0 aliphatic rings. The lowest BCUT2D eigenvalue weighted by molar-refractivity contribution is 0.563. The highest BCUT2D eigenvalue weighted by atomic mass is 16.1. The monoisotopic (exact) mass is 223 g/mol. The normalized spacial score (nSPS) is 9.65. The second-order valence-electron chi connectivity index (χ2n) is 3.75. The number of hydrogen-bond acceptors (Lipinski definition) is 2. The predicted octanol–water partition coefficient (Wildman–Crippen LogP) is 3.23. The van der Waals surface area contributed by atoms with Gasteiger partial charge in [0.1, 0.15) is 0 Å². The van der Waals surface area contributed by atoms with Crippen molar-refractivity contribution in [2.75, 3.05) is 6.54 Å². The van der Waals surface area contributed by atoms with E-state index in [-0.39, 0.29) is 0 Å². The van der Waals surface area contributed by atoms with Gasteiger partial charge in [-0.1, -0.05) is 54.6 Å². The van der Waals surface area contributed by atoms with Crippen molar-refractivity contribution in [3.8, 4) is 11.1 Å². The van der Waals surface area contributed by atoms with Gasteiger partial charge in [-0.25, -0.2) is 9.79 Å². The van der Waals surface area contributed by atoms with Gasteiger partial charge in [-0.2, -0.15) is 0 Å². The van der Waals surface area contributed by atoms with E-state index in [0.717, 1.165) is 6.42 Å². The standard InChI is InChI=1S/C15H13NO/c17-12-16-11-10-14-8-4-5-9-15(14)13-6-2-1-3-7-13/h1-9H,10-11H2. The molecule has 2 aromatic carbocycles. The molecule has 0 amide bonds. The Morgan fingerprint density at radius 3 is 2.41 bits per heavy atom. The molecule has 17 heavy (non-hydrogen) atoms. The first kappa shape index (κ1) is 11.3. The number of aliphatic imine (C=N–C) groups is 1. The molecule has 2 heteroatoms. The van der Waals surface area contributed by atoms with Gasteiger partial charge in [-0.3, -0.25) is 0 Å².